The summed E-state index contributed by atoms with van der Waals surface area (Å²) in [5.41, 5.74) is 3.97. The van der Waals surface area contributed by atoms with Crippen LogP contribution >= 0.6 is 0 Å². The summed E-state index contributed by atoms with van der Waals surface area (Å²) >= 11 is 0. The van der Waals surface area contributed by atoms with Crippen molar-refractivity contribution in [2.45, 2.75) is 32.4 Å². The molecule has 2 heterocycles. The number of piperazine rings is 1. The fourth-order valence-electron chi connectivity index (χ4n) is 5.08. The second kappa shape index (κ2) is 10.9. The van der Waals surface area contributed by atoms with Crippen LogP contribution in [0.15, 0.2) is 78.9 Å². The maximum atomic E-state index is 13.5. The fourth-order valence-corrected chi connectivity index (χ4v) is 5.08. The summed E-state index contributed by atoms with van der Waals surface area (Å²) in [7, 11) is 1.63. The highest BCUT2D eigenvalue weighted by atomic mass is 16.5. The van der Waals surface area contributed by atoms with Gasteiger partial charge in [-0.1, -0.05) is 42.5 Å². The number of hydrogen-bond donors (Lipinski definition) is 1. The maximum Gasteiger partial charge on any atom is 0.270 e. The Hall–Kier alpha value is -4.39. The fraction of sp³-hybridized carbons (Fsp3) is 0.258. The lowest BCUT2D eigenvalue weighted by Crippen LogP contribution is -2.57. The third-order valence-corrected chi connectivity index (χ3v) is 7.16. The van der Waals surface area contributed by atoms with Crippen LogP contribution in [0.4, 0.5) is 0 Å². The third-order valence-electron chi connectivity index (χ3n) is 7.16. The van der Waals surface area contributed by atoms with E-state index in [0.29, 0.717) is 24.3 Å². The molecule has 194 valence electrons. The van der Waals surface area contributed by atoms with E-state index in [2.05, 4.69) is 17.1 Å². The van der Waals surface area contributed by atoms with Gasteiger partial charge < -0.3 is 19.5 Å². The van der Waals surface area contributed by atoms with Gasteiger partial charge in [-0.25, -0.2) is 0 Å². The van der Waals surface area contributed by atoms with Gasteiger partial charge in [0.1, 0.15) is 18.0 Å². The van der Waals surface area contributed by atoms with Crippen LogP contribution in [0.1, 0.15) is 45.3 Å². The molecule has 0 unspecified atom stereocenters. The summed E-state index contributed by atoms with van der Waals surface area (Å²) < 4.78 is 5.37. The van der Waals surface area contributed by atoms with Crippen LogP contribution in [-0.4, -0.2) is 58.6 Å². The highest BCUT2D eigenvalue weighted by Crippen LogP contribution is 2.24. The predicted octanol–water partition coefficient (Wildman–Crippen LogP) is 4.87. The first-order chi connectivity index (χ1) is 18.4. The summed E-state index contributed by atoms with van der Waals surface area (Å²) in [6.45, 7) is 2.43. The molecule has 4 aromatic rings. The first-order valence-electron chi connectivity index (χ1n) is 12.8. The quantitative estimate of drug-likeness (QED) is 0.344. The van der Waals surface area contributed by atoms with Crippen molar-refractivity contribution in [2.75, 3.05) is 20.2 Å². The molecule has 1 fully saturated rings. The van der Waals surface area contributed by atoms with Crippen LogP contribution < -0.4 is 4.74 Å². The number of benzene rings is 3. The molecule has 3 aromatic carbocycles. The van der Waals surface area contributed by atoms with E-state index < -0.39 is 0 Å². The average Bonchev–Trinajstić information content (AvgIpc) is 3.37. The molecule has 7 heteroatoms. The van der Waals surface area contributed by atoms with Crippen molar-refractivity contribution < 1.29 is 19.1 Å². The van der Waals surface area contributed by atoms with Crippen LogP contribution in [-0.2, 0) is 17.8 Å². The van der Waals surface area contributed by atoms with Gasteiger partial charge in [-0.05, 0) is 67.3 Å². The van der Waals surface area contributed by atoms with Crippen molar-refractivity contribution in [3.8, 4) is 5.75 Å². The molecule has 1 aliphatic heterocycles. The second-order valence-electron chi connectivity index (χ2n) is 9.78. The van der Waals surface area contributed by atoms with E-state index in [0.717, 1.165) is 35.1 Å². The third kappa shape index (κ3) is 5.47. The van der Waals surface area contributed by atoms with E-state index in [1.807, 2.05) is 53.4 Å². The molecule has 1 atom stereocenters. The minimum absolute atomic E-state index is 0.0126. The number of nitrogens with one attached hydrogen (secondary N) is 1. The van der Waals surface area contributed by atoms with Crippen LogP contribution in [0.3, 0.4) is 0 Å². The van der Waals surface area contributed by atoms with E-state index in [1.54, 1.807) is 30.2 Å². The van der Waals surface area contributed by atoms with Gasteiger partial charge in [0.05, 0.1) is 13.2 Å². The van der Waals surface area contributed by atoms with Crippen molar-refractivity contribution in [3.63, 3.8) is 0 Å². The number of methoxy groups -OCH3 is 1. The number of carbonyl (C=O) groups excluding carboxylic acids is 3. The molecule has 0 spiro atoms. The summed E-state index contributed by atoms with van der Waals surface area (Å²) in [4.78, 5) is 45.5. The summed E-state index contributed by atoms with van der Waals surface area (Å²) in [6.07, 6.45) is 1.54. The molecular formula is C31H31N3O4. The topological polar surface area (TPSA) is 82.7 Å². The van der Waals surface area contributed by atoms with Gasteiger partial charge in [0.2, 0.25) is 5.91 Å². The molecule has 38 heavy (non-hydrogen) atoms. The number of Topliss-reactive ketones (excluding diaryl/α,β-unsaturated/α-hetero) is 1. The van der Waals surface area contributed by atoms with Crippen molar-refractivity contribution in [1.29, 1.82) is 0 Å². The molecule has 7 nitrogen and oxygen atoms in total. The van der Waals surface area contributed by atoms with Gasteiger partial charge in [-0.15, -0.1) is 0 Å². The average molecular weight is 510 g/mol. The van der Waals surface area contributed by atoms with Gasteiger partial charge in [-0.2, -0.15) is 0 Å². The first kappa shape index (κ1) is 25.3. The van der Waals surface area contributed by atoms with Crippen LogP contribution in [0.5, 0.6) is 5.75 Å². The molecule has 0 radical (unpaired) electrons. The van der Waals surface area contributed by atoms with Gasteiger partial charge in [0, 0.05) is 29.6 Å². The molecule has 1 N–H and O–H groups in total. The number of hydrogen-bond acceptors (Lipinski definition) is 4. The number of ether oxygens (including phenoxy) is 1. The molecule has 1 aliphatic rings. The number of carbonyl (C=O) groups is 3. The zero-order valence-electron chi connectivity index (χ0n) is 21.6. The zero-order chi connectivity index (χ0) is 26.6. The number of ketones is 1. The highest BCUT2D eigenvalue weighted by Gasteiger charge is 2.35. The summed E-state index contributed by atoms with van der Waals surface area (Å²) in [5, 5.41) is 0.796. The van der Waals surface area contributed by atoms with Crippen molar-refractivity contribution in [3.05, 3.63) is 101 Å². The monoisotopic (exact) mass is 509 g/mol. The lowest BCUT2D eigenvalue weighted by molar-refractivity contribution is -0.139. The molecule has 0 aliphatic carbocycles. The van der Waals surface area contributed by atoms with Gasteiger partial charge in [0.25, 0.3) is 5.91 Å². The minimum Gasteiger partial charge on any atom is -0.497 e. The number of rotatable bonds is 8. The van der Waals surface area contributed by atoms with Crippen molar-refractivity contribution in [1.82, 2.24) is 14.8 Å². The molecule has 0 saturated carbocycles. The molecule has 1 aromatic heterocycles. The van der Waals surface area contributed by atoms with Gasteiger partial charge in [0.15, 0.2) is 5.78 Å². The molecule has 5 rings (SSSR count). The smallest absolute Gasteiger partial charge is 0.270 e. The number of amides is 2. The van der Waals surface area contributed by atoms with E-state index >= 15 is 0 Å². The van der Waals surface area contributed by atoms with Crippen molar-refractivity contribution in [2.24, 2.45) is 0 Å². The minimum atomic E-state index is -0.218. The Labute approximate surface area is 222 Å². The van der Waals surface area contributed by atoms with Crippen LogP contribution in [0.25, 0.3) is 10.9 Å². The predicted molar refractivity (Wildman–Crippen MR) is 146 cm³/mol. The normalized spacial score (nSPS) is 15.6. The van der Waals surface area contributed by atoms with E-state index in [1.165, 1.54) is 12.5 Å². The molecule has 2 amide bonds. The Morgan fingerprint density at radius 1 is 0.974 bits per heavy atom. The van der Waals surface area contributed by atoms with Crippen LogP contribution in [0.2, 0.25) is 0 Å². The maximum absolute atomic E-state index is 13.5. The van der Waals surface area contributed by atoms with E-state index in [9.17, 15) is 14.4 Å². The van der Waals surface area contributed by atoms with Crippen LogP contribution in [0, 0.1) is 0 Å². The Bertz CT molecular complexity index is 1480. The lowest BCUT2D eigenvalue weighted by Gasteiger charge is -2.41. The standard InChI is InChI=1S/C31H31N3O4/c1-21(35)24-12-14-28-25(16-24)17-29(32-28)31(37)33-19-26(13-11-22-7-4-3-5-8-22)34(30(36)20-33)18-23-9-6-10-27(15-23)38-2/h3-10,12,14-17,26,32H,11,13,18-20H2,1-2H3/t26-/m0/s1. The number of aromatic amines is 1. The SMILES string of the molecule is COc1cccc(CN2C(=O)CN(C(=O)c3cc4cc(C(C)=O)ccc4[nH]3)C[C@@H]2CCc2ccccc2)c1. The Kier molecular flexibility index (Phi) is 7.26. The summed E-state index contributed by atoms with van der Waals surface area (Å²) in [6, 6.07) is 24.9. The number of aromatic nitrogens is 1. The molecule has 0 bridgehead atoms. The Morgan fingerprint density at radius 3 is 2.53 bits per heavy atom. The molecular weight excluding hydrogens is 478 g/mol. The van der Waals surface area contributed by atoms with Gasteiger partial charge >= 0.3 is 0 Å². The van der Waals surface area contributed by atoms with E-state index in [-0.39, 0.29) is 30.2 Å². The number of nitrogens with zero attached hydrogens (tertiary/aromatic N) is 2. The lowest BCUT2D eigenvalue weighted by atomic mass is 10.0. The number of aryl methyl sites for hydroxylation is 1. The Balaban J connectivity index is 1.38. The van der Waals surface area contributed by atoms with Crippen molar-refractivity contribution >= 4 is 28.5 Å². The highest BCUT2D eigenvalue weighted by molar-refractivity contribution is 6.02. The van der Waals surface area contributed by atoms with E-state index in [4.69, 9.17) is 4.74 Å². The number of H-pyrrole nitrogens is 1. The number of fused-ring (bicyclic) bond motifs is 1. The largest absolute Gasteiger partial charge is 0.497 e. The first-order valence-corrected chi connectivity index (χ1v) is 12.8. The molecule has 1 saturated heterocycles. The summed E-state index contributed by atoms with van der Waals surface area (Å²) in [5.74, 6) is 0.418. The zero-order valence-corrected chi connectivity index (χ0v) is 21.6. The van der Waals surface area contributed by atoms with Gasteiger partial charge in [-0.3, -0.25) is 14.4 Å². The Morgan fingerprint density at radius 2 is 1.76 bits per heavy atom. The second-order valence-corrected chi connectivity index (χ2v) is 9.78.